The van der Waals surface area contributed by atoms with Gasteiger partial charge in [-0.3, -0.25) is 0 Å². The zero-order chi connectivity index (χ0) is 11.4. The maximum absolute atomic E-state index is 4.31. The zero-order valence-corrected chi connectivity index (χ0v) is 10.6. The van der Waals surface area contributed by atoms with Gasteiger partial charge in [-0.15, -0.1) is 5.10 Å². The molecule has 0 N–H and O–H groups in total. The van der Waals surface area contributed by atoms with Crippen LogP contribution in [0.4, 0.5) is 0 Å². The van der Waals surface area contributed by atoms with Crippen molar-refractivity contribution >= 4 is 0 Å². The first-order chi connectivity index (χ1) is 7.06. The molecule has 0 atom stereocenters. The Kier molecular flexibility index (Phi) is 4.30. The second kappa shape index (κ2) is 5.29. The van der Waals surface area contributed by atoms with E-state index in [0.717, 1.165) is 19.4 Å². The van der Waals surface area contributed by atoms with Crippen LogP contribution in [0.15, 0.2) is 0 Å². The Hall–Kier alpha value is -0.860. The van der Waals surface area contributed by atoms with Gasteiger partial charge < -0.3 is 0 Å². The van der Waals surface area contributed by atoms with E-state index in [1.54, 1.807) is 0 Å². The first kappa shape index (κ1) is 12.2. The zero-order valence-electron chi connectivity index (χ0n) is 10.6. The summed E-state index contributed by atoms with van der Waals surface area (Å²) in [6.45, 7) is 12.0. The van der Waals surface area contributed by atoms with Crippen molar-refractivity contribution < 1.29 is 0 Å². The minimum atomic E-state index is 0.514. The minimum Gasteiger partial charge on any atom is -0.249 e. The molecule has 0 spiro atoms. The Morgan fingerprint density at radius 1 is 1.20 bits per heavy atom. The number of aromatic nitrogens is 3. The van der Waals surface area contributed by atoms with Crippen LogP contribution < -0.4 is 0 Å². The predicted octanol–water partition coefficient (Wildman–Crippen LogP) is 3.01. The molecule has 1 heterocycles. The molecular formula is C12H23N3. The highest BCUT2D eigenvalue weighted by Gasteiger charge is 2.16. The highest BCUT2D eigenvalue weighted by molar-refractivity contribution is 5.14. The third-order valence-corrected chi connectivity index (χ3v) is 2.43. The molecule has 15 heavy (non-hydrogen) atoms. The van der Waals surface area contributed by atoms with Crippen molar-refractivity contribution in [1.29, 1.82) is 0 Å². The summed E-state index contributed by atoms with van der Waals surface area (Å²) in [5, 5.41) is 8.56. The third-order valence-electron chi connectivity index (χ3n) is 2.43. The number of nitrogens with zero attached hydrogens (tertiary/aromatic N) is 3. The van der Waals surface area contributed by atoms with E-state index in [0.29, 0.717) is 11.8 Å². The second-order valence-corrected chi connectivity index (χ2v) is 4.90. The summed E-state index contributed by atoms with van der Waals surface area (Å²) in [5.74, 6) is 1.16. The summed E-state index contributed by atoms with van der Waals surface area (Å²) < 4.78 is 2.07. The standard InChI is InChI=1S/C12H23N3/c1-6-7-15-12(10(4)5)11(13-14-15)8-9(2)3/h9-10H,6-8H2,1-5H3. The van der Waals surface area contributed by atoms with Crippen LogP contribution in [-0.4, -0.2) is 15.0 Å². The van der Waals surface area contributed by atoms with Crippen molar-refractivity contribution in [2.24, 2.45) is 5.92 Å². The third kappa shape index (κ3) is 3.05. The molecule has 0 aliphatic heterocycles. The van der Waals surface area contributed by atoms with Crippen molar-refractivity contribution in [2.75, 3.05) is 0 Å². The van der Waals surface area contributed by atoms with Gasteiger partial charge in [0.25, 0.3) is 0 Å². The second-order valence-electron chi connectivity index (χ2n) is 4.90. The van der Waals surface area contributed by atoms with Gasteiger partial charge >= 0.3 is 0 Å². The summed E-state index contributed by atoms with van der Waals surface area (Å²) in [6.07, 6.45) is 2.15. The van der Waals surface area contributed by atoms with E-state index in [9.17, 15) is 0 Å². The van der Waals surface area contributed by atoms with Gasteiger partial charge in [-0.05, 0) is 24.7 Å². The van der Waals surface area contributed by atoms with E-state index in [1.165, 1.54) is 11.4 Å². The van der Waals surface area contributed by atoms with Crippen LogP contribution in [0.25, 0.3) is 0 Å². The molecule has 3 heteroatoms. The normalized spacial score (nSPS) is 11.7. The average molecular weight is 209 g/mol. The molecule has 86 valence electrons. The quantitative estimate of drug-likeness (QED) is 0.746. The molecule has 1 aromatic heterocycles. The molecule has 0 aliphatic rings. The maximum atomic E-state index is 4.31. The van der Waals surface area contributed by atoms with Gasteiger partial charge in [-0.2, -0.15) is 0 Å². The van der Waals surface area contributed by atoms with Crippen LogP contribution in [0.1, 0.15) is 58.3 Å². The highest BCUT2D eigenvalue weighted by atomic mass is 15.4. The Morgan fingerprint density at radius 3 is 2.33 bits per heavy atom. The van der Waals surface area contributed by atoms with Crippen LogP contribution in [-0.2, 0) is 13.0 Å². The molecule has 0 fully saturated rings. The molecule has 0 aliphatic carbocycles. The fraction of sp³-hybridized carbons (Fsp3) is 0.833. The molecule has 0 bridgehead atoms. The first-order valence-electron chi connectivity index (χ1n) is 5.98. The van der Waals surface area contributed by atoms with E-state index >= 15 is 0 Å². The highest BCUT2D eigenvalue weighted by Crippen LogP contribution is 2.20. The number of aryl methyl sites for hydroxylation is 1. The smallest absolute Gasteiger partial charge is 0.0864 e. The molecule has 0 amide bonds. The van der Waals surface area contributed by atoms with Gasteiger partial charge in [0.1, 0.15) is 0 Å². The summed E-state index contributed by atoms with van der Waals surface area (Å²) in [6, 6.07) is 0. The lowest BCUT2D eigenvalue weighted by Gasteiger charge is -2.11. The fourth-order valence-corrected chi connectivity index (χ4v) is 1.90. The SMILES string of the molecule is CCCn1nnc(CC(C)C)c1C(C)C. The van der Waals surface area contributed by atoms with Crippen LogP contribution in [0, 0.1) is 5.92 Å². The van der Waals surface area contributed by atoms with Gasteiger partial charge in [-0.1, -0.05) is 39.8 Å². The van der Waals surface area contributed by atoms with Gasteiger partial charge in [-0.25, -0.2) is 4.68 Å². The Labute approximate surface area is 92.9 Å². The first-order valence-corrected chi connectivity index (χ1v) is 5.98. The van der Waals surface area contributed by atoms with Crippen LogP contribution in [0.2, 0.25) is 0 Å². The van der Waals surface area contributed by atoms with Crippen molar-refractivity contribution in [1.82, 2.24) is 15.0 Å². The number of hydrogen-bond donors (Lipinski definition) is 0. The summed E-state index contributed by atoms with van der Waals surface area (Å²) in [5.41, 5.74) is 2.51. The van der Waals surface area contributed by atoms with Crippen LogP contribution >= 0.6 is 0 Å². The van der Waals surface area contributed by atoms with E-state index in [4.69, 9.17) is 0 Å². The fourth-order valence-electron chi connectivity index (χ4n) is 1.90. The Balaban J connectivity index is 2.95. The summed E-state index contributed by atoms with van der Waals surface area (Å²) in [7, 11) is 0. The largest absolute Gasteiger partial charge is 0.249 e. The van der Waals surface area contributed by atoms with Crippen LogP contribution in [0.5, 0.6) is 0 Å². The van der Waals surface area contributed by atoms with Crippen LogP contribution in [0.3, 0.4) is 0 Å². The van der Waals surface area contributed by atoms with E-state index in [-0.39, 0.29) is 0 Å². The maximum Gasteiger partial charge on any atom is 0.0864 e. The molecule has 0 aromatic carbocycles. The monoisotopic (exact) mass is 209 g/mol. The Bertz CT molecular complexity index is 300. The van der Waals surface area contributed by atoms with Gasteiger partial charge in [0.05, 0.1) is 11.4 Å². The average Bonchev–Trinajstić information content (AvgIpc) is 2.47. The molecule has 1 aromatic rings. The Morgan fingerprint density at radius 2 is 1.87 bits per heavy atom. The van der Waals surface area contributed by atoms with Gasteiger partial charge in [0.15, 0.2) is 0 Å². The van der Waals surface area contributed by atoms with Gasteiger partial charge in [0.2, 0.25) is 0 Å². The summed E-state index contributed by atoms with van der Waals surface area (Å²) in [4.78, 5) is 0. The lowest BCUT2D eigenvalue weighted by molar-refractivity contribution is 0.541. The molecule has 3 nitrogen and oxygen atoms in total. The molecule has 1 rings (SSSR count). The molecular weight excluding hydrogens is 186 g/mol. The van der Waals surface area contributed by atoms with E-state index < -0.39 is 0 Å². The van der Waals surface area contributed by atoms with Crippen molar-refractivity contribution in [3.8, 4) is 0 Å². The van der Waals surface area contributed by atoms with Crippen molar-refractivity contribution in [3.05, 3.63) is 11.4 Å². The van der Waals surface area contributed by atoms with E-state index in [1.807, 2.05) is 0 Å². The molecule has 0 radical (unpaired) electrons. The summed E-state index contributed by atoms with van der Waals surface area (Å²) >= 11 is 0. The predicted molar refractivity (Wildman–Crippen MR) is 62.9 cm³/mol. The molecule has 0 saturated heterocycles. The number of hydrogen-bond acceptors (Lipinski definition) is 2. The lowest BCUT2D eigenvalue weighted by atomic mass is 10.0. The molecule has 0 unspecified atom stereocenters. The topological polar surface area (TPSA) is 30.7 Å². The van der Waals surface area contributed by atoms with E-state index in [2.05, 4.69) is 49.6 Å². The number of rotatable bonds is 5. The van der Waals surface area contributed by atoms with Crippen molar-refractivity contribution in [2.45, 2.75) is 59.9 Å². The minimum absolute atomic E-state index is 0.514. The van der Waals surface area contributed by atoms with Crippen molar-refractivity contribution in [3.63, 3.8) is 0 Å². The lowest BCUT2D eigenvalue weighted by Crippen LogP contribution is -2.08. The molecule has 0 saturated carbocycles. The van der Waals surface area contributed by atoms with Gasteiger partial charge in [0, 0.05) is 6.54 Å².